The predicted octanol–water partition coefficient (Wildman–Crippen LogP) is 6.20. The van der Waals surface area contributed by atoms with Crippen molar-refractivity contribution in [1.29, 1.82) is 0 Å². The number of para-hydroxylation sites is 4. The van der Waals surface area contributed by atoms with E-state index < -0.39 is 0 Å². The Bertz CT molecular complexity index is 2750. The molecule has 0 spiro atoms. The van der Waals surface area contributed by atoms with E-state index in [4.69, 9.17) is 0 Å². The van der Waals surface area contributed by atoms with E-state index in [9.17, 15) is 19.2 Å². The lowest BCUT2D eigenvalue weighted by Crippen LogP contribution is -2.23. The summed E-state index contributed by atoms with van der Waals surface area (Å²) in [5, 5.41) is 0. The Kier molecular flexibility index (Phi) is 16.2. The van der Waals surface area contributed by atoms with Gasteiger partial charge in [-0.05, 0) is 76.2 Å². The molecule has 0 N–H and O–H groups in total. The van der Waals surface area contributed by atoms with Crippen LogP contribution >= 0.6 is 0 Å². The summed E-state index contributed by atoms with van der Waals surface area (Å²) in [4.78, 5) is 56.8. The van der Waals surface area contributed by atoms with E-state index >= 15 is 0 Å². The summed E-state index contributed by atoms with van der Waals surface area (Å²) in [5.74, 6) is 0. The number of hydrogen-bond acceptors (Lipinski definition) is 8. The van der Waals surface area contributed by atoms with Crippen molar-refractivity contribution >= 4 is 22.7 Å². The van der Waals surface area contributed by atoms with Crippen LogP contribution in [0.25, 0.3) is 22.7 Å². The van der Waals surface area contributed by atoms with Crippen molar-refractivity contribution in [3.8, 4) is 22.7 Å². The monoisotopic (exact) mass is 925 g/mol. The van der Waals surface area contributed by atoms with Gasteiger partial charge in [-0.3, -0.25) is 37.9 Å². The maximum absolute atomic E-state index is 12.4. The largest absolute Gasteiger partial charge is 0.372 e. The van der Waals surface area contributed by atoms with E-state index in [0.29, 0.717) is 0 Å². The summed E-state index contributed by atoms with van der Waals surface area (Å²) in [5.41, 5.74) is 10.4. The number of rotatable bonds is 8. The molecule has 68 heavy (non-hydrogen) atoms. The average molecular weight is 925 g/mol. The second-order valence-corrected chi connectivity index (χ2v) is 17.2. The molecular weight excluding hydrogens is 857 g/mol. The van der Waals surface area contributed by atoms with Crippen molar-refractivity contribution in [3.05, 3.63) is 186 Å². The highest BCUT2D eigenvalue weighted by Gasteiger charge is 2.20. The lowest BCUT2D eigenvalue weighted by Gasteiger charge is -2.09. The van der Waals surface area contributed by atoms with E-state index in [1.807, 2.05) is 272 Å². The van der Waals surface area contributed by atoms with Crippen LogP contribution in [0, 0.1) is 27.7 Å². The Morgan fingerprint density at radius 1 is 0.279 bits per heavy atom. The molecule has 0 amide bonds. The van der Waals surface area contributed by atoms with Gasteiger partial charge < -0.3 is 19.6 Å². The van der Waals surface area contributed by atoms with Gasteiger partial charge in [-0.2, -0.15) is 0 Å². The van der Waals surface area contributed by atoms with E-state index in [0.717, 1.165) is 68.3 Å². The molecule has 8 aromatic rings. The maximum Gasteiger partial charge on any atom is 0.295 e. The van der Waals surface area contributed by atoms with Gasteiger partial charge in [0, 0.05) is 84.6 Å². The average Bonchev–Trinajstić information content (AvgIpc) is 3.87. The molecule has 0 atom stereocenters. The fourth-order valence-corrected chi connectivity index (χ4v) is 8.28. The first-order valence-electron chi connectivity index (χ1n) is 22.2. The Morgan fingerprint density at radius 3 is 0.544 bits per heavy atom. The van der Waals surface area contributed by atoms with Gasteiger partial charge in [-0.25, -0.2) is 18.7 Å². The molecule has 0 unspecified atom stereocenters. The van der Waals surface area contributed by atoms with Crippen LogP contribution in [0.4, 0.5) is 22.7 Å². The van der Waals surface area contributed by atoms with Gasteiger partial charge >= 0.3 is 0 Å². The molecule has 360 valence electrons. The zero-order chi connectivity index (χ0) is 50.3. The first kappa shape index (κ1) is 51.1. The Hall–Kier alpha value is -7.88. The number of benzene rings is 4. The topological polar surface area (TPSA) is 121 Å². The Labute approximate surface area is 399 Å². The standard InChI is InChI=1S/4C13H17N3O/c4*1-10-12(14(2)3)13(17)16(15(10)4)11-8-6-5-7-9-11/h4*5-9H,1-4H3. The molecule has 4 aromatic carbocycles. The smallest absolute Gasteiger partial charge is 0.295 e. The summed E-state index contributed by atoms with van der Waals surface area (Å²) in [6.07, 6.45) is 0. The van der Waals surface area contributed by atoms with Gasteiger partial charge in [0.1, 0.15) is 22.7 Å². The van der Waals surface area contributed by atoms with Crippen LogP contribution in [-0.2, 0) is 28.2 Å². The molecule has 0 aliphatic heterocycles. The minimum Gasteiger partial charge on any atom is -0.372 e. The van der Waals surface area contributed by atoms with Crippen molar-refractivity contribution in [1.82, 2.24) is 37.5 Å². The van der Waals surface area contributed by atoms with E-state index in [1.54, 1.807) is 18.7 Å². The minimum absolute atomic E-state index is 0.0150. The van der Waals surface area contributed by atoms with Gasteiger partial charge in [0.15, 0.2) is 0 Å². The SMILES string of the molecule is Cc1c(N(C)C)c(=O)n(-c2ccccc2)n1C.Cc1c(N(C)C)c(=O)n(-c2ccccc2)n1C.Cc1c(N(C)C)c(=O)n(-c2ccccc2)n1C.Cc1c(N(C)C)c(=O)n(-c2ccccc2)n1C. The highest BCUT2D eigenvalue weighted by atomic mass is 16.2. The zero-order valence-electron chi connectivity index (χ0n) is 42.5. The molecule has 0 radical (unpaired) electrons. The number of nitrogens with zero attached hydrogens (tertiary/aromatic N) is 12. The van der Waals surface area contributed by atoms with Gasteiger partial charge in [-0.15, -0.1) is 0 Å². The maximum atomic E-state index is 12.4. The van der Waals surface area contributed by atoms with Crippen LogP contribution in [0.3, 0.4) is 0 Å². The zero-order valence-corrected chi connectivity index (χ0v) is 42.5. The second-order valence-electron chi connectivity index (χ2n) is 17.2. The molecule has 0 fully saturated rings. The van der Waals surface area contributed by atoms with Gasteiger partial charge in [-0.1, -0.05) is 72.8 Å². The summed E-state index contributed by atoms with van der Waals surface area (Å²) >= 11 is 0. The third-order valence-electron chi connectivity index (χ3n) is 11.9. The molecule has 8 rings (SSSR count). The van der Waals surface area contributed by atoms with Crippen LogP contribution in [-0.4, -0.2) is 93.8 Å². The lowest BCUT2D eigenvalue weighted by atomic mass is 10.3. The molecule has 0 saturated heterocycles. The number of hydrogen-bond donors (Lipinski definition) is 0. The van der Waals surface area contributed by atoms with Crippen LogP contribution < -0.4 is 41.8 Å². The van der Waals surface area contributed by atoms with Crippen molar-refractivity contribution in [2.75, 3.05) is 76.0 Å². The van der Waals surface area contributed by atoms with E-state index in [-0.39, 0.29) is 22.2 Å². The normalized spacial score (nSPS) is 10.6. The molecule has 0 bridgehead atoms. The lowest BCUT2D eigenvalue weighted by molar-refractivity contribution is 0.630. The number of anilines is 4. The molecule has 0 aliphatic rings. The first-order chi connectivity index (χ1) is 32.1. The molecular formula is C52H68N12O4. The summed E-state index contributed by atoms with van der Waals surface area (Å²) in [6.45, 7) is 7.82. The molecule has 0 saturated carbocycles. The predicted molar refractivity (Wildman–Crippen MR) is 280 cm³/mol. The fourth-order valence-electron chi connectivity index (χ4n) is 8.28. The van der Waals surface area contributed by atoms with E-state index in [1.165, 1.54) is 0 Å². The summed E-state index contributed by atoms with van der Waals surface area (Å²) in [7, 11) is 22.7. The van der Waals surface area contributed by atoms with Crippen LogP contribution in [0.1, 0.15) is 22.8 Å². The highest BCUT2D eigenvalue weighted by Crippen LogP contribution is 2.19. The van der Waals surface area contributed by atoms with Crippen LogP contribution in [0.15, 0.2) is 141 Å². The molecule has 4 aromatic heterocycles. The second kappa shape index (κ2) is 21.6. The van der Waals surface area contributed by atoms with Crippen LogP contribution in [0.5, 0.6) is 0 Å². The quantitative estimate of drug-likeness (QED) is 0.177. The van der Waals surface area contributed by atoms with Gasteiger partial charge in [0.2, 0.25) is 0 Å². The third kappa shape index (κ3) is 10.2. The Morgan fingerprint density at radius 2 is 0.426 bits per heavy atom. The first-order valence-corrected chi connectivity index (χ1v) is 22.2. The molecule has 4 heterocycles. The third-order valence-corrected chi connectivity index (χ3v) is 11.9. The summed E-state index contributed by atoms with van der Waals surface area (Å²) < 4.78 is 14.3. The van der Waals surface area contributed by atoms with Crippen molar-refractivity contribution in [2.45, 2.75) is 27.7 Å². The molecule has 16 nitrogen and oxygen atoms in total. The molecule has 16 heteroatoms. The molecule has 0 aliphatic carbocycles. The van der Waals surface area contributed by atoms with Gasteiger partial charge in [0.25, 0.3) is 22.2 Å². The highest BCUT2D eigenvalue weighted by molar-refractivity contribution is 5.53. The van der Waals surface area contributed by atoms with Crippen LogP contribution in [0.2, 0.25) is 0 Å². The Balaban J connectivity index is 0.000000169. The van der Waals surface area contributed by atoms with Gasteiger partial charge in [0.05, 0.1) is 45.5 Å². The fraction of sp³-hybridized carbons (Fsp3) is 0.308. The van der Waals surface area contributed by atoms with E-state index in [2.05, 4.69) is 0 Å². The van der Waals surface area contributed by atoms with Crippen molar-refractivity contribution < 1.29 is 0 Å². The summed E-state index contributed by atoms with van der Waals surface area (Å²) in [6, 6.07) is 38.7. The minimum atomic E-state index is 0.0150. The van der Waals surface area contributed by atoms with Crippen molar-refractivity contribution in [2.24, 2.45) is 28.2 Å². The van der Waals surface area contributed by atoms with Crippen molar-refractivity contribution in [3.63, 3.8) is 0 Å². The number of aromatic nitrogens is 8.